The van der Waals surface area contributed by atoms with Crippen LogP contribution in [0.3, 0.4) is 0 Å². The first kappa shape index (κ1) is 15.6. The molecule has 0 aliphatic rings. The lowest BCUT2D eigenvalue weighted by Gasteiger charge is -2.20. The van der Waals surface area contributed by atoms with Gasteiger partial charge >= 0.3 is 0 Å². The molecule has 0 saturated carbocycles. The van der Waals surface area contributed by atoms with Gasteiger partial charge in [-0.3, -0.25) is 0 Å². The molecule has 114 valence electrons. The molecule has 0 aliphatic carbocycles. The molecule has 4 heteroatoms. The summed E-state index contributed by atoms with van der Waals surface area (Å²) in [6.07, 6.45) is 1.90. The zero-order valence-corrected chi connectivity index (χ0v) is 13.6. The van der Waals surface area contributed by atoms with Gasteiger partial charge in [0, 0.05) is 17.3 Å². The van der Waals surface area contributed by atoms with E-state index in [1.165, 1.54) is 5.69 Å². The van der Waals surface area contributed by atoms with Gasteiger partial charge in [-0.2, -0.15) is 5.10 Å². The fourth-order valence-corrected chi connectivity index (χ4v) is 2.58. The van der Waals surface area contributed by atoms with Gasteiger partial charge in [-0.25, -0.2) is 4.68 Å². The number of ether oxygens (including phenoxy) is 1. The minimum atomic E-state index is 0.190. The summed E-state index contributed by atoms with van der Waals surface area (Å²) in [4.78, 5) is 0. The lowest BCUT2D eigenvalue weighted by atomic mass is 10.0. The quantitative estimate of drug-likeness (QED) is 0.886. The largest absolute Gasteiger partial charge is 0.496 e. The summed E-state index contributed by atoms with van der Waals surface area (Å²) in [5.41, 5.74) is 4.58. The summed E-state index contributed by atoms with van der Waals surface area (Å²) in [7, 11) is 3.68. The molecule has 0 amide bonds. The van der Waals surface area contributed by atoms with Gasteiger partial charge in [0.1, 0.15) is 5.75 Å². The maximum atomic E-state index is 5.56. The van der Waals surface area contributed by atoms with Crippen LogP contribution in [-0.4, -0.2) is 23.9 Å². The smallest absolute Gasteiger partial charge is 0.125 e. The lowest BCUT2D eigenvalue weighted by Crippen LogP contribution is -2.17. The monoisotopic (exact) mass is 287 g/mol. The van der Waals surface area contributed by atoms with E-state index in [2.05, 4.69) is 42.9 Å². The Morgan fingerprint density at radius 2 is 2.05 bits per heavy atom. The van der Waals surface area contributed by atoms with E-state index in [1.54, 1.807) is 7.11 Å². The summed E-state index contributed by atoms with van der Waals surface area (Å²) in [5, 5.41) is 8.06. The van der Waals surface area contributed by atoms with Gasteiger partial charge in [-0.05, 0) is 45.0 Å². The third kappa shape index (κ3) is 2.95. The van der Waals surface area contributed by atoms with Crippen LogP contribution < -0.4 is 10.1 Å². The normalized spacial score (nSPS) is 12.4. The van der Waals surface area contributed by atoms with E-state index < -0.39 is 0 Å². The van der Waals surface area contributed by atoms with Crippen LogP contribution in [0.1, 0.15) is 43.8 Å². The number of hydrogen-bond acceptors (Lipinski definition) is 3. The standard InChI is InChI=1S/C17H25N3O/c1-6-13-11-14(7-2)20(19-13)15-9-8-10-16(21-5)17(15)12(3)18-4/h8-12,18H,6-7H2,1-5H3. The minimum Gasteiger partial charge on any atom is -0.496 e. The number of benzene rings is 1. The first-order valence-corrected chi connectivity index (χ1v) is 7.58. The number of aromatic nitrogens is 2. The topological polar surface area (TPSA) is 39.1 Å². The molecule has 1 heterocycles. The molecule has 1 atom stereocenters. The van der Waals surface area contributed by atoms with Crippen molar-refractivity contribution in [3.05, 3.63) is 41.2 Å². The fraction of sp³-hybridized carbons (Fsp3) is 0.471. The highest BCUT2D eigenvalue weighted by molar-refractivity contribution is 5.52. The summed E-state index contributed by atoms with van der Waals surface area (Å²) in [5.74, 6) is 0.893. The van der Waals surface area contributed by atoms with Gasteiger partial charge in [0.15, 0.2) is 0 Å². The van der Waals surface area contributed by atoms with E-state index in [-0.39, 0.29) is 6.04 Å². The molecule has 0 saturated heterocycles. The molecule has 1 aromatic carbocycles. The van der Waals surface area contributed by atoms with Gasteiger partial charge in [0.25, 0.3) is 0 Å². The molecule has 1 aromatic heterocycles. The highest BCUT2D eigenvalue weighted by atomic mass is 16.5. The van der Waals surface area contributed by atoms with E-state index in [0.29, 0.717) is 0 Å². The number of aryl methyl sites for hydroxylation is 2. The third-order valence-corrected chi connectivity index (χ3v) is 3.92. The zero-order valence-electron chi connectivity index (χ0n) is 13.6. The van der Waals surface area contributed by atoms with Crippen molar-refractivity contribution in [3.8, 4) is 11.4 Å². The van der Waals surface area contributed by atoms with Gasteiger partial charge < -0.3 is 10.1 Å². The van der Waals surface area contributed by atoms with E-state index >= 15 is 0 Å². The lowest BCUT2D eigenvalue weighted by molar-refractivity contribution is 0.403. The molecule has 0 fully saturated rings. The predicted octanol–water partition coefficient (Wildman–Crippen LogP) is 3.29. The van der Waals surface area contributed by atoms with Crippen LogP contribution >= 0.6 is 0 Å². The van der Waals surface area contributed by atoms with Crippen LogP contribution in [0.5, 0.6) is 5.75 Å². The average Bonchev–Trinajstić information content (AvgIpc) is 2.96. The van der Waals surface area contributed by atoms with Crippen molar-refractivity contribution in [2.75, 3.05) is 14.2 Å². The second kappa shape index (κ2) is 6.76. The van der Waals surface area contributed by atoms with Gasteiger partial charge in [0.05, 0.1) is 18.5 Å². The summed E-state index contributed by atoms with van der Waals surface area (Å²) in [6.45, 7) is 6.43. The Labute approximate surface area is 127 Å². The zero-order chi connectivity index (χ0) is 15.4. The fourth-order valence-electron chi connectivity index (χ4n) is 2.58. The molecule has 0 aliphatic heterocycles. The molecule has 21 heavy (non-hydrogen) atoms. The minimum absolute atomic E-state index is 0.190. The Kier molecular flexibility index (Phi) is 5.02. The Balaban J connectivity index is 2.65. The first-order valence-electron chi connectivity index (χ1n) is 7.58. The molecule has 0 spiro atoms. The Morgan fingerprint density at radius 1 is 1.29 bits per heavy atom. The van der Waals surface area contributed by atoms with E-state index in [9.17, 15) is 0 Å². The van der Waals surface area contributed by atoms with Crippen molar-refractivity contribution in [3.63, 3.8) is 0 Å². The van der Waals surface area contributed by atoms with Crippen molar-refractivity contribution < 1.29 is 4.74 Å². The van der Waals surface area contributed by atoms with Crippen LogP contribution in [0.25, 0.3) is 5.69 Å². The molecule has 1 unspecified atom stereocenters. The first-order chi connectivity index (χ1) is 10.2. The highest BCUT2D eigenvalue weighted by Gasteiger charge is 2.18. The highest BCUT2D eigenvalue weighted by Crippen LogP contribution is 2.31. The Morgan fingerprint density at radius 3 is 2.62 bits per heavy atom. The number of nitrogens with zero attached hydrogens (tertiary/aromatic N) is 2. The van der Waals surface area contributed by atoms with Crippen LogP contribution in [0.15, 0.2) is 24.3 Å². The summed E-state index contributed by atoms with van der Waals surface area (Å²) in [6, 6.07) is 8.51. The second-order valence-corrected chi connectivity index (χ2v) is 5.15. The van der Waals surface area contributed by atoms with E-state index in [0.717, 1.165) is 35.5 Å². The molecule has 0 bridgehead atoms. The van der Waals surface area contributed by atoms with Crippen molar-refractivity contribution in [1.29, 1.82) is 0 Å². The number of nitrogens with one attached hydrogen (secondary N) is 1. The molecular formula is C17H25N3O. The number of methoxy groups -OCH3 is 1. The predicted molar refractivity (Wildman–Crippen MR) is 86.3 cm³/mol. The molecule has 1 N–H and O–H groups in total. The van der Waals surface area contributed by atoms with Gasteiger partial charge in [-0.1, -0.05) is 19.9 Å². The van der Waals surface area contributed by atoms with E-state index in [4.69, 9.17) is 9.84 Å². The average molecular weight is 287 g/mol. The van der Waals surface area contributed by atoms with Crippen LogP contribution in [0, 0.1) is 0 Å². The molecular weight excluding hydrogens is 262 g/mol. The van der Waals surface area contributed by atoms with Gasteiger partial charge in [-0.15, -0.1) is 0 Å². The number of hydrogen-bond donors (Lipinski definition) is 1. The molecule has 2 rings (SSSR count). The Hall–Kier alpha value is -1.81. The molecule has 4 nitrogen and oxygen atoms in total. The SMILES string of the molecule is CCc1cc(CC)n(-c2cccc(OC)c2C(C)NC)n1. The van der Waals surface area contributed by atoms with Gasteiger partial charge in [0.2, 0.25) is 0 Å². The second-order valence-electron chi connectivity index (χ2n) is 5.15. The molecule has 2 aromatic rings. The van der Waals surface area contributed by atoms with Crippen molar-refractivity contribution >= 4 is 0 Å². The van der Waals surface area contributed by atoms with E-state index in [1.807, 2.05) is 19.2 Å². The molecule has 0 radical (unpaired) electrons. The third-order valence-electron chi connectivity index (χ3n) is 3.92. The van der Waals surface area contributed by atoms with Crippen molar-refractivity contribution in [2.45, 2.75) is 39.7 Å². The van der Waals surface area contributed by atoms with Crippen LogP contribution in [-0.2, 0) is 12.8 Å². The van der Waals surface area contributed by atoms with Crippen molar-refractivity contribution in [1.82, 2.24) is 15.1 Å². The summed E-state index contributed by atoms with van der Waals surface area (Å²) < 4.78 is 7.62. The maximum Gasteiger partial charge on any atom is 0.125 e. The maximum absolute atomic E-state index is 5.56. The summed E-state index contributed by atoms with van der Waals surface area (Å²) >= 11 is 0. The Bertz CT molecular complexity index is 604. The van der Waals surface area contributed by atoms with Crippen molar-refractivity contribution in [2.24, 2.45) is 0 Å². The van der Waals surface area contributed by atoms with Crippen LogP contribution in [0.2, 0.25) is 0 Å². The number of rotatable bonds is 6. The van der Waals surface area contributed by atoms with Crippen LogP contribution in [0.4, 0.5) is 0 Å².